The molecule has 0 atom stereocenters. The number of nitrogens with two attached hydrogens (primary N) is 1. The van der Waals surface area contributed by atoms with Crippen LogP contribution in [0.4, 0.5) is 5.82 Å². The molecule has 0 bridgehead atoms. The van der Waals surface area contributed by atoms with Crippen LogP contribution in [0.15, 0.2) is 30.3 Å². The Morgan fingerprint density at radius 3 is 2.73 bits per heavy atom. The first kappa shape index (κ1) is 9.35. The summed E-state index contributed by atoms with van der Waals surface area (Å²) in [6.45, 7) is 1.89. The highest BCUT2D eigenvalue weighted by molar-refractivity contribution is 5.53. The van der Waals surface area contributed by atoms with Crippen LogP contribution in [0.1, 0.15) is 11.3 Å². The van der Waals surface area contributed by atoms with Crippen LogP contribution in [-0.4, -0.2) is 9.78 Å². The fourth-order valence-corrected chi connectivity index (χ4v) is 1.49. The fraction of sp³-hybridized carbons (Fsp3) is 0.0833. The zero-order valence-electron chi connectivity index (χ0n) is 8.44. The molecule has 1 aromatic carbocycles. The Morgan fingerprint density at radius 2 is 2.13 bits per heavy atom. The lowest BCUT2D eigenvalue weighted by molar-refractivity contribution is 0.870. The van der Waals surface area contributed by atoms with Crippen LogP contribution in [0.3, 0.4) is 0 Å². The molecule has 1 heterocycles. The minimum atomic E-state index is 0.593. The molecule has 15 heavy (non-hydrogen) atoms. The van der Waals surface area contributed by atoms with E-state index in [0.717, 1.165) is 16.9 Å². The summed E-state index contributed by atoms with van der Waals surface area (Å²) in [6, 6.07) is 9.38. The SMILES string of the molecule is C#Cc1ccccc1-n1nc(C)cc1N. The molecule has 0 saturated heterocycles. The van der Waals surface area contributed by atoms with Gasteiger partial charge in [-0.1, -0.05) is 18.1 Å². The Balaban J connectivity index is 2.64. The second-order valence-electron chi connectivity index (χ2n) is 3.28. The number of hydrogen-bond acceptors (Lipinski definition) is 2. The Hall–Kier alpha value is -2.21. The fourth-order valence-electron chi connectivity index (χ4n) is 1.49. The predicted molar refractivity (Wildman–Crippen MR) is 60.6 cm³/mol. The molecule has 0 fully saturated rings. The molecular weight excluding hydrogens is 186 g/mol. The third-order valence-electron chi connectivity index (χ3n) is 2.15. The largest absolute Gasteiger partial charge is 0.384 e. The van der Waals surface area contributed by atoms with Crippen molar-refractivity contribution in [2.24, 2.45) is 0 Å². The number of rotatable bonds is 1. The smallest absolute Gasteiger partial charge is 0.127 e. The first-order valence-corrected chi connectivity index (χ1v) is 4.60. The van der Waals surface area contributed by atoms with Crippen molar-refractivity contribution in [1.29, 1.82) is 0 Å². The molecule has 0 radical (unpaired) electrons. The number of aryl methyl sites for hydroxylation is 1. The standard InChI is InChI=1S/C12H11N3/c1-3-10-6-4-5-7-11(10)15-12(13)8-9(2)14-15/h1,4-8H,13H2,2H3. The molecule has 3 heteroatoms. The predicted octanol–water partition coefficient (Wildman–Crippen LogP) is 1.74. The van der Waals surface area contributed by atoms with Gasteiger partial charge in [-0.15, -0.1) is 6.42 Å². The van der Waals surface area contributed by atoms with E-state index in [1.807, 2.05) is 37.3 Å². The molecule has 0 aliphatic heterocycles. The van der Waals surface area contributed by atoms with Gasteiger partial charge in [0.05, 0.1) is 16.9 Å². The highest BCUT2D eigenvalue weighted by atomic mass is 15.3. The van der Waals surface area contributed by atoms with Crippen LogP contribution in [0.25, 0.3) is 5.69 Å². The van der Waals surface area contributed by atoms with Crippen LogP contribution in [0.2, 0.25) is 0 Å². The topological polar surface area (TPSA) is 43.8 Å². The second kappa shape index (κ2) is 3.50. The van der Waals surface area contributed by atoms with Crippen molar-refractivity contribution in [3.05, 3.63) is 41.6 Å². The van der Waals surface area contributed by atoms with E-state index in [4.69, 9.17) is 12.2 Å². The maximum Gasteiger partial charge on any atom is 0.127 e. The Kier molecular flexibility index (Phi) is 2.18. The Bertz CT molecular complexity index is 532. The van der Waals surface area contributed by atoms with Gasteiger partial charge >= 0.3 is 0 Å². The molecule has 74 valence electrons. The minimum absolute atomic E-state index is 0.593. The van der Waals surface area contributed by atoms with Crippen LogP contribution in [0.5, 0.6) is 0 Å². The van der Waals surface area contributed by atoms with Crippen molar-refractivity contribution in [2.45, 2.75) is 6.92 Å². The number of anilines is 1. The maximum atomic E-state index is 5.83. The summed E-state index contributed by atoms with van der Waals surface area (Å²) in [4.78, 5) is 0. The van der Waals surface area contributed by atoms with Crippen molar-refractivity contribution in [2.75, 3.05) is 5.73 Å². The lowest BCUT2D eigenvalue weighted by atomic mass is 10.2. The number of hydrogen-bond donors (Lipinski definition) is 1. The Labute approximate surface area is 88.5 Å². The maximum absolute atomic E-state index is 5.83. The quantitative estimate of drug-likeness (QED) is 0.708. The van der Waals surface area contributed by atoms with E-state index in [-0.39, 0.29) is 0 Å². The highest BCUT2D eigenvalue weighted by Crippen LogP contribution is 2.17. The summed E-state index contributed by atoms with van der Waals surface area (Å²) in [5.74, 6) is 3.21. The van der Waals surface area contributed by atoms with E-state index in [9.17, 15) is 0 Å². The number of nitrogens with zero attached hydrogens (tertiary/aromatic N) is 2. The number of para-hydroxylation sites is 1. The van der Waals surface area contributed by atoms with Gasteiger partial charge in [0.25, 0.3) is 0 Å². The van der Waals surface area contributed by atoms with Gasteiger partial charge in [0, 0.05) is 6.07 Å². The minimum Gasteiger partial charge on any atom is -0.384 e. The molecule has 2 rings (SSSR count). The summed E-state index contributed by atoms with van der Waals surface area (Å²) in [7, 11) is 0. The van der Waals surface area contributed by atoms with Gasteiger partial charge in [0.1, 0.15) is 5.82 Å². The molecule has 0 spiro atoms. The average Bonchev–Trinajstić information content (AvgIpc) is 2.57. The van der Waals surface area contributed by atoms with Gasteiger partial charge in [-0.3, -0.25) is 0 Å². The third-order valence-corrected chi connectivity index (χ3v) is 2.15. The van der Waals surface area contributed by atoms with E-state index in [1.165, 1.54) is 0 Å². The van der Waals surface area contributed by atoms with Crippen molar-refractivity contribution in [1.82, 2.24) is 9.78 Å². The first-order valence-electron chi connectivity index (χ1n) is 4.60. The second-order valence-corrected chi connectivity index (χ2v) is 3.28. The molecule has 0 amide bonds. The molecule has 0 unspecified atom stereocenters. The first-order chi connectivity index (χ1) is 7.22. The zero-order valence-corrected chi connectivity index (χ0v) is 8.44. The number of nitrogen functional groups attached to an aromatic ring is 1. The summed E-state index contributed by atoms with van der Waals surface area (Å²) in [5.41, 5.74) is 8.33. The average molecular weight is 197 g/mol. The monoisotopic (exact) mass is 197 g/mol. The molecule has 2 N–H and O–H groups in total. The van der Waals surface area contributed by atoms with Crippen LogP contribution in [0, 0.1) is 19.3 Å². The molecule has 1 aromatic heterocycles. The van der Waals surface area contributed by atoms with E-state index >= 15 is 0 Å². The molecule has 2 aromatic rings. The lowest BCUT2D eigenvalue weighted by Crippen LogP contribution is -2.03. The number of aromatic nitrogens is 2. The van der Waals surface area contributed by atoms with Crippen molar-refractivity contribution < 1.29 is 0 Å². The van der Waals surface area contributed by atoms with E-state index in [1.54, 1.807) is 4.68 Å². The van der Waals surface area contributed by atoms with E-state index in [0.29, 0.717) is 5.82 Å². The molecule has 0 aliphatic rings. The van der Waals surface area contributed by atoms with Gasteiger partial charge in [-0.05, 0) is 19.1 Å². The number of benzene rings is 1. The van der Waals surface area contributed by atoms with Gasteiger partial charge in [-0.25, -0.2) is 4.68 Å². The van der Waals surface area contributed by atoms with Crippen LogP contribution < -0.4 is 5.73 Å². The van der Waals surface area contributed by atoms with E-state index < -0.39 is 0 Å². The summed E-state index contributed by atoms with van der Waals surface area (Å²) in [6.07, 6.45) is 5.41. The zero-order chi connectivity index (χ0) is 10.8. The van der Waals surface area contributed by atoms with Crippen LogP contribution >= 0.6 is 0 Å². The van der Waals surface area contributed by atoms with Gasteiger partial charge in [-0.2, -0.15) is 5.10 Å². The third kappa shape index (κ3) is 1.57. The molecular formula is C12H11N3. The highest BCUT2D eigenvalue weighted by Gasteiger charge is 2.06. The normalized spacial score (nSPS) is 9.87. The molecule has 3 nitrogen and oxygen atoms in total. The lowest BCUT2D eigenvalue weighted by Gasteiger charge is -2.05. The molecule has 0 aliphatic carbocycles. The van der Waals surface area contributed by atoms with Crippen LogP contribution in [-0.2, 0) is 0 Å². The summed E-state index contributed by atoms with van der Waals surface area (Å²) in [5, 5.41) is 4.29. The van der Waals surface area contributed by atoms with Crippen molar-refractivity contribution >= 4 is 5.82 Å². The Morgan fingerprint density at radius 1 is 1.40 bits per heavy atom. The van der Waals surface area contributed by atoms with Gasteiger partial charge < -0.3 is 5.73 Å². The molecule has 0 saturated carbocycles. The summed E-state index contributed by atoms with van der Waals surface area (Å²) < 4.78 is 1.66. The van der Waals surface area contributed by atoms with E-state index in [2.05, 4.69) is 11.0 Å². The number of terminal acetylenes is 1. The van der Waals surface area contributed by atoms with Crippen molar-refractivity contribution in [3.63, 3.8) is 0 Å². The summed E-state index contributed by atoms with van der Waals surface area (Å²) >= 11 is 0. The van der Waals surface area contributed by atoms with Gasteiger partial charge in [0.2, 0.25) is 0 Å². The van der Waals surface area contributed by atoms with Gasteiger partial charge in [0.15, 0.2) is 0 Å². The van der Waals surface area contributed by atoms with Crippen molar-refractivity contribution in [3.8, 4) is 18.0 Å².